The van der Waals surface area contributed by atoms with Crippen LogP contribution in [0.25, 0.3) is 5.69 Å². The van der Waals surface area contributed by atoms with Gasteiger partial charge in [-0.25, -0.2) is 4.39 Å². The normalized spacial score (nSPS) is 10.7. The number of nitrogens with zero attached hydrogens (tertiary/aromatic N) is 1. The molecule has 0 unspecified atom stereocenters. The van der Waals surface area contributed by atoms with Crippen molar-refractivity contribution in [1.29, 1.82) is 0 Å². The lowest BCUT2D eigenvalue weighted by Crippen LogP contribution is -2.01. The Morgan fingerprint density at radius 1 is 1.07 bits per heavy atom. The van der Waals surface area contributed by atoms with E-state index in [1.165, 1.54) is 6.07 Å². The van der Waals surface area contributed by atoms with Crippen LogP contribution in [-0.2, 0) is 0 Å². The Kier molecular flexibility index (Phi) is 2.53. The SMILES string of the molecule is Cc1ccc(C)n1-c1cc(Cl)ccc1F. The second kappa shape index (κ2) is 3.70. The standard InChI is InChI=1S/C12H11ClFN/c1-8-3-4-9(2)15(8)12-7-10(13)5-6-11(12)14/h3-7H,1-2H3. The van der Waals surface area contributed by atoms with Crippen molar-refractivity contribution in [2.24, 2.45) is 0 Å². The first-order valence-corrected chi connectivity index (χ1v) is 5.08. The first kappa shape index (κ1) is 10.2. The van der Waals surface area contributed by atoms with E-state index in [9.17, 15) is 4.39 Å². The van der Waals surface area contributed by atoms with E-state index in [0.717, 1.165) is 11.4 Å². The lowest BCUT2D eigenvalue weighted by Gasteiger charge is -2.10. The van der Waals surface area contributed by atoms with Crippen LogP contribution < -0.4 is 0 Å². The van der Waals surface area contributed by atoms with Gasteiger partial charge in [-0.1, -0.05) is 11.6 Å². The van der Waals surface area contributed by atoms with Gasteiger partial charge < -0.3 is 4.57 Å². The van der Waals surface area contributed by atoms with Gasteiger partial charge in [0.05, 0.1) is 5.69 Å². The summed E-state index contributed by atoms with van der Waals surface area (Å²) in [5.74, 6) is -0.262. The molecular weight excluding hydrogens is 213 g/mol. The van der Waals surface area contributed by atoms with Crippen molar-refractivity contribution in [3.63, 3.8) is 0 Å². The first-order chi connectivity index (χ1) is 7.09. The Balaban J connectivity index is 2.68. The number of hydrogen-bond donors (Lipinski definition) is 0. The first-order valence-electron chi connectivity index (χ1n) is 4.70. The molecule has 2 rings (SSSR count). The van der Waals surface area contributed by atoms with Gasteiger partial charge in [-0.3, -0.25) is 0 Å². The Hall–Kier alpha value is -1.28. The summed E-state index contributed by atoms with van der Waals surface area (Å²) in [5, 5.41) is 0.541. The summed E-state index contributed by atoms with van der Waals surface area (Å²) in [6.45, 7) is 3.88. The minimum Gasteiger partial charge on any atom is -0.316 e. The molecule has 0 spiro atoms. The third-order valence-electron chi connectivity index (χ3n) is 2.42. The maximum Gasteiger partial charge on any atom is 0.147 e. The van der Waals surface area contributed by atoms with Crippen molar-refractivity contribution in [2.45, 2.75) is 13.8 Å². The Labute approximate surface area is 93.1 Å². The van der Waals surface area contributed by atoms with Crippen LogP contribution in [0.15, 0.2) is 30.3 Å². The van der Waals surface area contributed by atoms with E-state index in [0.29, 0.717) is 10.7 Å². The van der Waals surface area contributed by atoms with Gasteiger partial charge >= 0.3 is 0 Å². The monoisotopic (exact) mass is 223 g/mol. The quantitative estimate of drug-likeness (QED) is 0.691. The average Bonchev–Trinajstić information content (AvgIpc) is 2.51. The van der Waals surface area contributed by atoms with Gasteiger partial charge in [-0.05, 0) is 44.2 Å². The number of halogens is 2. The fraction of sp³-hybridized carbons (Fsp3) is 0.167. The van der Waals surface area contributed by atoms with Crippen molar-refractivity contribution in [2.75, 3.05) is 0 Å². The lowest BCUT2D eigenvalue weighted by atomic mass is 10.3. The van der Waals surface area contributed by atoms with Crippen molar-refractivity contribution >= 4 is 11.6 Å². The van der Waals surface area contributed by atoms with E-state index >= 15 is 0 Å². The van der Waals surface area contributed by atoms with Crippen LogP contribution in [0, 0.1) is 19.7 Å². The second-order valence-electron chi connectivity index (χ2n) is 3.55. The molecule has 2 aromatic rings. The van der Waals surface area contributed by atoms with E-state index in [-0.39, 0.29) is 5.82 Å². The van der Waals surface area contributed by atoms with Crippen molar-refractivity contribution in [1.82, 2.24) is 4.57 Å². The Morgan fingerprint density at radius 2 is 1.67 bits per heavy atom. The molecule has 0 radical (unpaired) electrons. The largest absolute Gasteiger partial charge is 0.316 e. The fourth-order valence-electron chi connectivity index (χ4n) is 1.71. The molecule has 0 amide bonds. The predicted octanol–water partition coefficient (Wildman–Crippen LogP) is 3.89. The van der Waals surface area contributed by atoms with Crippen LogP contribution in [0.5, 0.6) is 0 Å². The third kappa shape index (κ3) is 1.77. The van der Waals surface area contributed by atoms with E-state index in [2.05, 4.69) is 0 Å². The summed E-state index contributed by atoms with van der Waals surface area (Å²) < 4.78 is 15.5. The number of aryl methyl sites for hydroxylation is 2. The fourth-order valence-corrected chi connectivity index (χ4v) is 1.87. The number of aromatic nitrogens is 1. The van der Waals surface area contributed by atoms with Gasteiger partial charge in [-0.2, -0.15) is 0 Å². The van der Waals surface area contributed by atoms with Gasteiger partial charge in [0.25, 0.3) is 0 Å². The molecule has 0 saturated carbocycles. The molecule has 0 saturated heterocycles. The summed E-state index contributed by atoms with van der Waals surface area (Å²) in [4.78, 5) is 0. The number of hydrogen-bond acceptors (Lipinski definition) is 0. The molecular formula is C12H11ClFN. The molecule has 15 heavy (non-hydrogen) atoms. The van der Waals surface area contributed by atoms with Crippen molar-refractivity contribution in [3.05, 3.63) is 52.6 Å². The maximum absolute atomic E-state index is 13.6. The van der Waals surface area contributed by atoms with E-state index < -0.39 is 0 Å². The van der Waals surface area contributed by atoms with E-state index in [1.54, 1.807) is 12.1 Å². The summed E-state index contributed by atoms with van der Waals surface area (Å²) in [7, 11) is 0. The van der Waals surface area contributed by atoms with Crippen molar-refractivity contribution < 1.29 is 4.39 Å². The summed E-state index contributed by atoms with van der Waals surface area (Å²) in [5.41, 5.74) is 2.49. The van der Waals surface area contributed by atoms with Crippen LogP contribution in [0.1, 0.15) is 11.4 Å². The highest BCUT2D eigenvalue weighted by atomic mass is 35.5. The smallest absolute Gasteiger partial charge is 0.147 e. The van der Waals surface area contributed by atoms with Crippen molar-refractivity contribution in [3.8, 4) is 5.69 Å². The van der Waals surface area contributed by atoms with Gasteiger partial charge in [0.1, 0.15) is 5.82 Å². The lowest BCUT2D eigenvalue weighted by molar-refractivity contribution is 0.616. The molecule has 1 nitrogen and oxygen atoms in total. The Bertz CT molecular complexity index is 483. The van der Waals surface area contributed by atoms with Crippen LogP contribution in [0.3, 0.4) is 0 Å². The van der Waals surface area contributed by atoms with Gasteiger partial charge in [-0.15, -0.1) is 0 Å². The molecule has 78 valence electrons. The third-order valence-corrected chi connectivity index (χ3v) is 2.66. The Morgan fingerprint density at radius 3 is 2.27 bits per heavy atom. The molecule has 0 aliphatic rings. The number of rotatable bonds is 1. The van der Waals surface area contributed by atoms with Gasteiger partial charge in [0.15, 0.2) is 0 Å². The zero-order chi connectivity index (χ0) is 11.0. The molecule has 1 aromatic carbocycles. The molecule has 0 fully saturated rings. The number of benzene rings is 1. The zero-order valence-electron chi connectivity index (χ0n) is 8.59. The molecule has 0 N–H and O–H groups in total. The average molecular weight is 224 g/mol. The molecule has 1 aromatic heterocycles. The highest BCUT2D eigenvalue weighted by Crippen LogP contribution is 2.22. The summed E-state index contributed by atoms with van der Waals surface area (Å²) in [6, 6.07) is 8.48. The molecule has 0 atom stereocenters. The minimum atomic E-state index is -0.262. The van der Waals surface area contributed by atoms with E-state index in [4.69, 9.17) is 11.6 Å². The maximum atomic E-state index is 13.6. The summed E-state index contributed by atoms with van der Waals surface area (Å²) >= 11 is 5.86. The molecule has 0 bridgehead atoms. The topological polar surface area (TPSA) is 4.93 Å². The highest BCUT2D eigenvalue weighted by molar-refractivity contribution is 6.30. The molecule has 0 aliphatic carbocycles. The van der Waals surface area contributed by atoms with Gasteiger partial charge in [0, 0.05) is 16.4 Å². The van der Waals surface area contributed by atoms with E-state index in [1.807, 2.05) is 30.5 Å². The minimum absolute atomic E-state index is 0.262. The van der Waals surface area contributed by atoms with Crippen LogP contribution in [0.2, 0.25) is 5.02 Å². The van der Waals surface area contributed by atoms with Crippen LogP contribution >= 0.6 is 11.6 Å². The molecule has 0 aliphatic heterocycles. The zero-order valence-corrected chi connectivity index (χ0v) is 9.35. The predicted molar refractivity (Wildman–Crippen MR) is 60.2 cm³/mol. The summed E-state index contributed by atoms with van der Waals surface area (Å²) in [6.07, 6.45) is 0. The van der Waals surface area contributed by atoms with Crippen LogP contribution in [-0.4, -0.2) is 4.57 Å². The van der Waals surface area contributed by atoms with Gasteiger partial charge in [0.2, 0.25) is 0 Å². The van der Waals surface area contributed by atoms with Crippen LogP contribution in [0.4, 0.5) is 4.39 Å². The highest BCUT2D eigenvalue weighted by Gasteiger charge is 2.09. The second-order valence-corrected chi connectivity index (χ2v) is 3.98. The molecule has 3 heteroatoms. The molecule has 1 heterocycles.